The van der Waals surface area contributed by atoms with Crippen LogP contribution in [0, 0.1) is 0 Å². The van der Waals surface area contributed by atoms with E-state index in [0.29, 0.717) is 6.54 Å². The Kier molecular flexibility index (Phi) is 5.81. The minimum atomic E-state index is -0.521. The van der Waals surface area contributed by atoms with Gasteiger partial charge in [-0.25, -0.2) is 0 Å². The number of anilines is 1. The van der Waals surface area contributed by atoms with Crippen molar-refractivity contribution >= 4 is 5.69 Å². The maximum absolute atomic E-state index is 10.2. The van der Waals surface area contributed by atoms with Crippen molar-refractivity contribution in [3.05, 3.63) is 59.7 Å². The summed E-state index contributed by atoms with van der Waals surface area (Å²) in [5, 5.41) is 13.5. The quantitative estimate of drug-likeness (QED) is 0.825. The summed E-state index contributed by atoms with van der Waals surface area (Å²) in [6, 6.07) is 15.9. The van der Waals surface area contributed by atoms with E-state index in [1.807, 2.05) is 38.4 Å². The van der Waals surface area contributed by atoms with Gasteiger partial charge in [-0.3, -0.25) is 0 Å². The number of nitrogens with one attached hydrogen (secondary N) is 1. The molecule has 0 fully saturated rings. The summed E-state index contributed by atoms with van der Waals surface area (Å²) in [6.07, 6.45) is -0.521. The highest BCUT2D eigenvalue weighted by Gasteiger charge is 2.07. The number of aliphatic hydroxyl groups excluding tert-OH is 1. The Balaban J connectivity index is 1.82. The van der Waals surface area contributed by atoms with Crippen LogP contribution in [0.5, 0.6) is 5.75 Å². The Morgan fingerprint density at radius 3 is 2.23 bits per heavy atom. The van der Waals surface area contributed by atoms with Crippen LogP contribution in [0.25, 0.3) is 0 Å². The Morgan fingerprint density at radius 1 is 1.05 bits per heavy atom. The van der Waals surface area contributed by atoms with E-state index in [1.165, 1.54) is 11.3 Å². The zero-order valence-electron chi connectivity index (χ0n) is 13.4. The Labute approximate surface area is 132 Å². The third-order valence-electron chi connectivity index (χ3n) is 3.62. The van der Waals surface area contributed by atoms with E-state index < -0.39 is 6.10 Å². The zero-order valence-corrected chi connectivity index (χ0v) is 13.4. The first kappa shape index (κ1) is 16.3. The van der Waals surface area contributed by atoms with Crippen LogP contribution in [-0.2, 0) is 6.54 Å². The van der Waals surface area contributed by atoms with Gasteiger partial charge in [0.15, 0.2) is 0 Å². The molecule has 0 aliphatic rings. The van der Waals surface area contributed by atoms with Crippen LogP contribution in [0.2, 0.25) is 0 Å². The highest BCUT2D eigenvalue weighted by molar-refractivity contribution is 5.45. The number of methoxy groups -OCH3 is 1. The number of aliphatic hydroxyl groups is 1. The zero-order chi connectivity index (χ0) is 15.9. The van der Waals surface area contributed by atoms with Gasteiger partial charge >= 0.3 is 0 Å². The molecule has 1 unspecified atom stereocenters. The molecule has 0 bridgehead atoms. The van der Waals surface area contributed by atoms with Gasteiger partial charge in [-0.2, -0.15) is 0 Å². The molecule has 2 aromatic rings. The van der Waals surface area contributed by atoms with Crippen LogP contribution >= 0.6 is 0 Å². The van der Waals surface area contributed by atoms with E-state index in [-0.39, 0.29) is 0 Å². The lowest BCUT2D eigenvalue weighted by molar-refractivity contribution is 0.174. The summed E-state index contributed by atoms with van der Waals surface area (Å²) in [5.74, 6) is 0.796. The molecule has 0 aromatic heterocycles. The lowest BCUT2D eigenvalue weighted by atomic mass is 10.1. The van der Waals surface area contributed by atoms with Gasteiger partial charge in [0, 0.05) is 32.9 Å². The van der Waals surface area contributed by atoms with E-state index in [1.54, 1.807) is 7.11 Å². The van der Waals surface area contributed by atoms with E-state index >= 15 is 0 Å². The minimum Gasteiger partial charge on any atom is -0.497 e. The molecule has 0 saturated heterocycles. The van der Waals surface area contributed by atoms with Crippen molar-refractivity contribution in [3.63, 3.8) is 0 Å². The first-order valence-electron chi connectivity index (χ1n) is 7.39. The number of hydrogen-bond acceptors (Lipinski definition) is 4. The number of nitrogens with zero attached hydrogens (tertiary/aromatic N) is 1. The van der Waals surface area contributed by atoms with Gasteiger partial charge in [0.25, 0.3) is 0 Å². The fourth-order valence-corrected chi connectivity index (χ4v) is 2.21. The third-order valence-corrected chi connectivity index (χ3v) is 3.62. The first-order valence-corrected chi connectivity index (χ1v) is 7.39. The second-order valence-electron chi connectivity index (χ2n) is 5.48. The summed E-state index contributed by atoms with van der Waals surface area (Å²) in [5.41, 5.74) is 3.27. The van der Waals surface area contributed by atoms with Gasteiger partial charge in [0.2, 0.25) is 0 Å². The molecule has 2 N–H and O–H groups in total. The standard InChI is InChI=1S/C18H24N2O2/c1-20(2)16-8-4-14(5-9-16)12-19-13-18(21)15-6-10-17(22-3)11-7-15/h4-11,18-19,21H,12-13H2,1-3H3. The van der Waals surface area contributed by atoms with Crippen molar-refractivity contribution in [2.45, 2.75) is 12.6 Å². The van der Waals surface area contributed by atoms with Crippen LogP contribution in [0.4, 0.5) is 5.69 Å². The molecule has 0 amide bonds. The van der Waals surface area contributed by atoms with Crippen molar-refractivity contribution in [3.8, 4) is 5.75 Å². The summed E-state index contributed by atoms with van der Waals surface area (Å²) in [7, 11) is 5.69. The van der Waals surface area contributed by atoms with Crippen LogP contribution < -0.4 is 15.0 Å². The Hall–Kier alpha value is -2.04. The SMILES string of the molecule is COc1ccc(C(O)CNCc2ccc(N(C)C)cc2)cc1. The molecule has 0 aliphatic carbocycles. The molecule has 1 atom stereocenters. The van der Waals surface area contributed by atoms with Gasteiger partial charge in [-0.15, -0.1) is 0 Å². The summed E-state index contributed by atoms with van der Waals surface area (Å²) >= 11 is 0. The number of hydrogen-bond donors (Lipinski definition) is 2. The second-order valence-corrected chi connectivity index (χ2v) is 5.48. The first-order chi connectivity index (χ1) is 10.6. The van der Waals surface area contributed by atoms with Gasteiger partial charge in [0.1, 0.15) is 5.75 Å². The van der Waals surface area contributed by atoms with Crippen LogP contribution in [-0.4, -0.2) is 32.9 Å². The van der Waals surface area contributed by atoms with Crippen molar-refractivity contribution in [1.82, 2.24) is 5.32 Å². The summed E-state index contributed by atoms with van der Waals surface area (Å²) < 4.78 is 5.11. The molecule has 118 valence electrons. The maximum atomic E-state index is 10.2. The molecule has 0 radical (unpaired) electrons. The monoisotopic (exact) mass is 300 g/mol. The van der Waals surface area contributed by atoms with Crippen LogP contribution in [0.1, 0.15) is 17.2 Å². The molecular weight excluding hydrogens is 276 g/mol. The number of benzene rings is 2. The largest absolute Gasteiger partial charge is 0.497 e. The van der Waals surface area contributed by atoms with Crippen molar-refractivity contribution in [2.24, 2.45) is 0 Å². The molecule has 0 saturated carbocycles. The van der Waals surface area contributed by atoms with Crippen molar-refractivity contribution < 1.29 is 9.84 Å². The fourth-order valence-electron chi connectivity index (χ4n) is 2.21. The lowest BCUT2D eigenvalue weighted by Crippen LogP contribution is -2.21. The van der Waals surface area contributed by atoms with Gasteiger partial charge in [-0.05, 0) is 35.4 Å². The second kappa shape index (κ2) is 7.82. The van der Waals surface area contributed by atoms with E-state index in [0.717, 1.165) is 17.9 Å². The summed E-state index contributed by atoms with van der Waals surface area (Å²) in [6.45, 7) is 1.25. The Morgan fingerprint density at radius 2 is 1.68 bits per heavy atom. The maximum Gasteiger partial charge on any atom is 0.118 e. The molecular formula is C18H24N2O2. The smallest absolute Gasteiger partial charge is 0.118 e. The minimum absolute atomic E-state index is 0.516. The molecule has 22 heavy (non-hydrogen) atoms. The highest BCUT2D eigenvalue weighted by Crippen LogP contribution is 2.17. The molecule has 4 nitrogen and oxygen atoms in total. The Bertz CT molecular complexity index is 565. The van der Waals surface area contributed by atoms with E-state index in [4.69, 9.17) is 4.74 Å². The molecule has 0 heterocycles. The van der Waals surface area contributed by atoms with Crippen LogP contribution in [0.15, 0.2) is 48.5 Å². The molecule has 2 rings (SSSR count). The topological polar surface area (TPSA) is 44.7 Å². The van der Waals surface area contributed by atoms with Crippen molar-refractivity contribution in [1.29, 1.82) is 0 Å². The van der Waals surface area contributed by atoms with Crippen molar-refractivity contribution in [2.75, 3.05) is 32.6 Å². The predicted molar refractivity (Wildman–Crippen MR) is 90.4 cm³/mol. The normalized spacial score (nSPS) is 12.0. The fraction of sp³-hybridized carbons (Fsp3) is 0.333. The summed E-state index contributed by atoms with van der Waals surface area (Å²) in [4.78, 5) is 2.07. The lowest BCUT2D eigenvalue weighted by Gasteiger charge is -2.14. The van der Waals surface area contributed by atoms with E-state index in [2.05, 4.69) is 34.5 Å². The van der Waals surface area contributed by atoms with Gasteiger partial charge < -0.3 is 20.1 Å². The molecule has 2 aromatic carbocycles. The van der Waals surface area contributed by atoms with Gasteiger partial charge in [-0.1, -0.05) is 24.3 Å². The molecule has 0 aliphatic heterocycles. The average molecular weight is 300 g/mol. The highest BCUT2D eigenvalue weighted by atomic mass is 16.5. The predicted octanol–water partition coefficient (Wildman–Crippen LogP) is 2.58. The average Bonchev–Trinajstić information content (AvgIpc) is 2.55. The molecule has 4 heteroatoms. The molecule has 0 spiro atoms. The van der Waals surface area contributed by atoms with Crippen LogP contribution in [0.3, 0.4) is 0 Å². The van der Waals surface area contributed by atoms with E-state index in [9.17, 15) is 5.11 Å². The number of rotatable bonds is 7. The number of ether oxygens (including phenoxy) is 1. The van der Waals surface area contributed by atoms with Gasteiger partial charge in [0.05, 0.1) is 13.2 Å². The third kappa shape index (κ3) is 4.48.